The largest absolute Gasteiger partial charge is 0.495 e. The van der Waals surface area contributed by atoms with Crippen molar-refractivity contribution >= 4 is 17.6 Å². The molecule has 0 saturated carbocycles. The summed E-state index contributed by atoms with van der Waals surface area (Å²) in [6.45, 7) is 2.59. The minimum absolute atomic E-state index is 0.0463. The van der Waals surface area contributed by atoms with Crippen molar-refractivity contribution in [2.75, 3.05) is 25.2 Å². The summed E-state index contributed by atoms with van der Waals surface area (Å²) in [5.41, 5.74) is 1.97. The summed E-state index contributed by atoms with van der Waals surface area (Å²) in [6, 6.07) is 5.82. The lowest BCUT2D eigenvalue weighted by Crippen LogP contribution is -2.18. The molecule has 0 saturated heterocycles. The normalized spacial score (nSPS) is 12.9. The molecular formula is C16H17N3O4. The van der Waals surface area contributed by atoms with Crippen LogP contribution in [0.5, 0.6) is 11.6 Å². The van der Waals surface area contributed by atoms with Crippen LogP contribution in [-0.2, 0) is 11.2 Å². The minimum Gasteiger partial charge on any atom is -0.495 e. The van der Waals surface area contributed by atoms with Crippen LogP contribution >= 0.6 is 0 Å². The van der Waals surface area contributed by atoms with Crippen LogP contribution in [0.4, 0.5) is 11.6 Å². The second-order valence-electron chi connectivity index (χ2n) is 5.00. The molecule has 0 unspecified atom stereocenters. The third kappa shape index (κ3) is 2.65. The molecule has 0 amide bonds. The SMILES string of the molecule is CCOC(=O)c1cnc(N2CCc3cccc(OC)c32)nc1O. The van der Waals surface area contributed by atoms with Gasteiger partial charge in [0.1, 0.15) is 11.3 Å². The van der Waals surface area contributed by atoms with E-state index < -0.39 is 11.8 Å². The van der Waals surface area contributed by atoms with E-state index in [9.17, 15) is 9.90 Å². The third-order valence-electron chi connectivity index (χ3n) is 3.67. The zero-order valence-corrected chi connectivity index (χ0v) is 12.9. The molecule has 7 nitrogen and oxygen atoms in total. The Morgan fingerprint density at radius 1 is 1.43 bits per heavy atom. The number of ether oxygens (including phenoxy) is 2. The number of hydrogen-bond donors (Lipinski definition) is 1. The molecule has 2 heterocycles. The first-order valence-corrected chi connectivity index (χ1v) is 7.32. The number of esters is 1. The number of hydrogen-bond acceptors (Lipinski definition) is 7. The lowest BCUT2D eigenvalue weighted by atomic mass is 10.1. The van der Waals surface area contributed by atoms with Crippen molar-refractivity contribution in [2.24, 2.45) is 0 Å². The fourth-order valence-corrected chi connectivity index (χ4v) is 2.63. The summed E-state index contributed by atoms with van der Waals surface area (Å²) in [5, 5.41) is 10.0. The number of nitrogens with zero attached hydrogens (tertiary/aromatic N) is 3. The molecule has 0 aliphatic carbocycles. The maximum absolute atomic E-state index is 11.7. The van der Waals surface area contributed by atoms with Gasteiger partial charge in [-0.15, -0.1) is 0 Å². The van der Waals surface area contributed by atoms with Crippen molar-refractivity contribution in [1.82, 2.24) is 9.97 Å². The first kappa shape index (κ1) is 15.1. The van der Waals surface area contributed by atoms with Gasteiger partial charge in [-0.25, -0.2) is 9.78 Å². The Labute approximate surface area is 133 Å². The highest BCUT2D eigenvalue weighted by Gasteiger charge is 2.27. The maximum atomic E-state index is 11.7. The van der Waals surface area contributed by atoms with Crippen molar-refractivity contribution in [2.45, 2.75) is 13.3 Å². The second-order valence-corrected chi connectivity index (χ2v) is 5.00. The molecule has 0 atom stereocenters. The predicted octanol–water partition coefficient (Wildman–Crippen LogP) is 2.06. The monoisotopic (exact) mass is 315 g/mol. The smallest absolute Gasteiger partial charge is 0.345 e. The number of rotatable bonds is 4. The fourth-order valence-electron chi connectivity index (χ4n) is 2.63. The summed E-state index contributed by atoms with van der Waals surface area (Å²) in [5.74, 6) is 0.00380. The number of carbonyl (C=O) groups excluding carboxylic acids is 1. The summed E-state index contributed by atoms with van der Waals surface area (Å²) < 4.78 is 10.3. The second kappa shape index (κ2) is 6.12. The molecule has 1 aromatic carbocycles. The molecule has 0 fully saturated rings. The highest BCUT2D eigenvalue weighted by Crippen LogP contribution is 2.40. The van der Waals surface area contributed by atoms with E-state index in [2.05, 4.69) is 9.97 Å². The van der Waals surface area contributed by atoms with Crippen LogP contribution in [0.15, 0.2) is 24.4 Å². The average molecular weight is 315 g/mol. The number of methoxy groups -OCH3 is 1. The molecule has 0 radical (unpaired) electrons. The van der Waals surface area contributed by atoms with Gasteiger partial charge in [0.15, 0.2) is 0 Å². The van der Waals surface area contributed by atoms with Gasteiger partial charge in [0.2, 0.25) is 11.8 Å². The van der Waals surface area contributed by atoms with Crippen LogP contribution in [-0.4, -0.2) is 41.3 Å². The van der Waals surface area contributed by atoms with Crippen LogP contribution in [0.25, 0.3) is 0 Å². The van der Waals surface area contributed by atoms with E-state index in [0.29, 0.717) is 12.5 Å². The van der Waals surface area contributed by atoms with Gasteiger partial charge in [-0.3, -0.25) is 0 Å². The molecule has 120 valence electrons. The van der Waals surface area contributed by atoms with Crippen molar-refractivity contribution in [3.05, 3.63) is 35.5 Å². The van der Waals surface area contributed by atoms with E-state index in [0.717, 1.165) is 23.4 Å². The summed E-state index contributed by atoms with van der Waals surface area (Å²) in [6.07, 6.45) is 2.11. The van der Waals surface area contributed by atoms with Crippen LogP contribution < -0.4 is 9.64 Å². The van der Waals surface area contributed by atoms with Gasteiger partial charge in [-0.05, 0) is 25.0 Å². The van der Waals surface area contributed by atoms with Crippen molar-refractivity contribution in [3.8, 4) is 11.6 Å². The standard InChI is InChI=1S/C16H17N3O4/c1-3-23-15(21)11-9-17-16(18-14(11)20)19-8-7-10-5-4-6-12(22-2)13(10)19/h4-6,9H,3,7-8H2,1-2H3,(H,17,18,20). The van der Waals surface area contributed by atoms with Gasteiger partial charge >= 0.3 is 5.97 Å². The van der Waals surface area contributed by atoms with E-state index in [1.54, 1.807) is 14.0 Å². The number of fused-ring (bicyclic) bond motifs is 1. The Morgan fingerprint density at radius 3 is 2.96 bits per heavy atom. The van der Waals surface area contributed by atoms with E-state index in [-0.39, 0.29) is 12.2 Å². The number of anilines is 2. The molecular weight excluding hydrogens is 298 g/mol. The van der Waals surface area contributed by atoms with Crippen LogP contribution in [0.2, 0.25) is 0 Å². The van der Waals surface area contributed by atoms with Gasteiger partial charge in [-0.2, -0.15) is 4.98 Å². The molecule has 1 N–H and O–H groups in total. The quantitative estimate of drug-likeness (QED) is 0.864. The maximum Gasteiger partial charge on any atom is 0.345 e. The Morgan fingerprint density at radius 2 is 2.26 bits per heavy atom. The van der Waals surface area contributed by atoms with Crippen molar-refractivity contribution in [1.29, 1.82) is 0 Å². The third-order valence-corrected chi connectivity index (χ3v) is 3.67. The topological polar surface area (TPSA) is 84.8 Å². The summed E-state index contributed by atoms with van der Waals surface area (Å²) in [4.78, 5) is 21.8. The minimum atomic E-state index is -0.643. The van der Waals surface area contributed by atoms with Crippen LogP contribution in [0.3, 0.4) is 0 Å². The van der Waals surface area contributed by atoms with Gasteiger partial charge in [0.05, 0.1) is 25.6 Å². The Kier molecular flexibility index (Phi) is 4.01. The molecule has 23 heavy (non-hydrogen) atoms. The Bertz CT molecular complexity index is 748. The van der Waals surface area contributed by atoms with Gasteiger partial charge in [0, 0.05) is 6.54 Å². The molecule has 1 aromatic heterocycles. The van der Waals surface area contributed by atoms with Crippen LogP contribution in [0.1, 0.15) is 22.8 Å². The van der Waals surface area contributed by atoms with Crippen LogP contribution in [0, 0.1) is 0 Å². The lowest BCUT2D eigenvalue weighted by molar-refractivity contribution is 0.0521. The lowest BCUT2D eigenvalue weighted by Gasteiger charge is -2.19. The first-order chi connectivity index (χ1) is 11.2. The predicted molar refractivity (Wildman–Crippen MR) is 83.4 cm³/mol. The summed E-state index contributed by atoms with van der Waals surface area (Å²) >= 11 is 0. The summed E-state index contributed by atoms with van der Waals surface area (Å²) in [7, 11) is 1.61. The molecule has 7 heteroatoms. The zero-order valence-electron chi connectivity index (χ0n) is 12.9. The van der Waals surface area contributed by atoms with Crippen molar-refractivity contribution < 1.29 is 19.4 Å². The van der Waals surface area contributed by atoms with E-state index in [4.69, 9.17) is 9.47 Å². The Balaban J connectivity index is 1.97. The fraction of sp³-hybridized carbons (Fsp3) is 0.312. The molecule has 1 aliphatic rings. The molecule has 1 aliphatic heterocycles. The van der Waals surface area contributed by atoms with E-state index in [1.165, 1.54) is 6.20 Å². The highest BCUT2D eigenvalue weighted by atomic mass is 16.5. The van der Waals surface area contributed by atoms with Gasteiger partial charge in [0.25, 0.3) is 0 Å². The number of carbonyl (C=O) groups is 1. The number of aromatic nitrogens is 2. The molecule has 3 rings (SSSR count). The molecule has 0 bridgehead atoms. The van der Waals surface area contributed by atoms with Gasteiger partial charge < -0.3 is 19.5 Å². The molecule has 0 spiro atoms. The number of benzene rings is 1. The van der Waals surface area contributed by atoms with E-state index >= 15 is 0 Å². The zero-order chi connectivity index (χ0) is 16.4. The Hall–Kier alpha value is -2.83. The number of aromatic hydroxyl groups is 1. The van der Waals surface area contributed by atoms with E-state index in [1.807, 2.05) is 23.1 Å². The van der Waals surface area contributed by atoms with Crippen molar-refractivity contribution in [3.63, 3.8) is 0 Å². The van der Waals surface area contributed by atoms with Gasteiger partial charge in [-0.1, -0.05) is 12.1 Å². The number of para-hydroxylation sites is 1. The average Bonchev–Trinajstić information content (AvgIpc) is 2.99. The highest BCUT2D eigenvalue weighted by molar-refractivity contribution is 5.91. The first-order valence-electron chi connectivity index (χ1n) is 7.32. The molecule has 2 aromatic rings.